The van der Waals surface area contributed by atoms with Crippen LogP contribution in [0.15, 0.2) is 35.1 Å². The van der Waals surface area contributed by atoms with Crippen molar-refractivity contribution in [2.24, 2.45) is 13.0 Å². The molecule has 0 saturated carbocycles. The highest BCUT2D eigenvalue weighted by Crippen LogP contribution is 2.16. The van der Waals surface area contributed by atoms with Crippen LogP contribution in [0.2, 0.25) is 0 Å². The van der Waals surface area contributed by atoms with Crippen LogP contribution in [-0.2, 0) is 19.9 Å². The molecule has 0 N–H and O–H groups in total. The van der Waals surface area contributed by atoms with Gasteiger partial charge in [0.15, 0.2) is 0 Å². The van der Waals surface area contributed by atoms with Crippen molar-refractivity contribution in [3.63, 3.8) is 0 Å². The van der Waals surface area contributed by atoms with Gasteiger partial charge in [-0.05, 0) is 30.0 Å². The van der Waals surface area contributed by atoms with Gasteiger partial charge in [-0.2, -0.15) is 0 Å². The molecule has 17 heavy (non-hydrogen) atoms. The molecule has 4 heteroatoms. The third kappa shape index (κ3) is 3.40. The molecule has 90 valence electrons. The normalized spacial score (nSPS) is 12.6. The lowest BCUT2D eigenvalue weighted by Gasteiger charge is -2.11. The van der Waals surface area contributed by atoms with E-state index in [0.717, 1.165) is 23.1 Å². The lowest BCUT2D eigenvalue weighted by atomic mass is 9.98. The number of hydrogen-bond donors (Lipinski definition) is 0. The minimum Gasteiger partial charge on any atom is -0.321 e. The molecule has 0 spiro atoms. The first kappa shape index (κ1) is 12.3. The second-order valence-electron chi connectivity index (χ2n) is 4.50. The van der Waals surface area contributed by atoms with E-state index in [4.69, 9.17) is 0 Å². The van der Waals surface area contributed by atoms with E-state index in [2.05, 4.69) is 57.3 Å². The van der Waals surface area contributed by atoms with E-state index < -0.39 is 0 Å². The van der Waals surface area contributed by atoms with Gasteiger partial charge in [-0.15, -0.1) is 10.2 Å². The summed E-state index contributed by atoms with van der Waals surface area (Å²) in [4.78, 5) is 0. The minimum atomic E-state index is 0.562. The average Bonchev–Trinajstić information content (AvgIpc) is 2.64. The number of hydrogen-bond acceptors (Lipinski definition) is 2. The molecule has 0 fully saturated rings. The van der Waals surface area contributed by atoms with Crippen molar-refractivity contribution in [1.29, 1.82) is 0 Å². The number of aryl methyl sites for hydroxylation is 1. The summed E-state index contributed by atoms with van der Waals surface area (Å²) in [6, 6.07) is 8.47. The van der Waals surface area contributed by atoms with Crippen LogP contribution in [0.1, 0.15) is 18.3 Å². The predicted octanol–water partition coefficient (Wildman–Crippen LogP) is 3.00. The topological polar surface area (TPSA) is 30.7 Å². The van der Waals surface area contributed by atoms with Crippen LogP contribution >= 0.6 is 15.9 Å². The fourth-order valence-corrected chi connectivity index (χ4v) is 2.39. The lowest BCUT2D eigenvalue weighted by Crippen LogP contribution is -2.08. The van der Waals surface area contributed by atoms with E-state index in [-0.39, 0.29) is 0 Å². The van der Waals surface area contributed by atoms with Crippen molar-refractivity contribution in [1.82, 2.24) is 14.8 Å². The molecular weight excluding hydrogens is 278 g/mol. The first-order valence-corrected chi connectivity index (χ1v) is 6.52. The van der Waals surface area contributed by atoms with Gasteiger partial charge in [-0.3, -0.25) is 0 Å². The summed E-state index contributed by atoms with van der Waals surface area (Å²) in [5.41, 5.74) is 1.36. The van der Waals surface area contributed by atoms with Crippen LogP contribution in [0.3, 0.4) is 0 Å². The second-order valence-corrected chi connectivity index (χ2v) is 5.42. The Morgan fingerprint density at radius 2 is 2.18 bits per heavy atom. The van der Waals surface area contributed by atoms with E-state index in [9.17, 15) is 0 Å². The standard InChI is InChI=1S/C13H16BrN3/c1-10(7-13-16-15-9-17(13)2)6-11-4-3-5-12(14)8-11/h3-5,8-10H,6-7H2,1-2H3. The van der Waals surface area contributed by atoms with E-state index in [1.807, 2.05) is 11.6 Å². The molecule has 1 aromatic carbocycles. The molecule has 0 aliphatic rings. The first-order chi connectivity index (χ1) is 8.15. The zero-order valence-electron chi connectivity index (χ0n) is 10.1. The Morgan fingerprint density at radius 1 is 1.35 bits per heavy atom. The van der Waals surface area contributed by atoms with Crippen LogP contribution in [-0.4, -0.2) is 14.8 Å². The molecule has 0 amide bonds. The van der Waals surface area contributed by atoms with Gasteiger partial charge in [0.25, 0.3) is 0 Å². The molecule has 0 saturated heterocycles. The third-order valence-corrected chi connectivity index (χ3v) is 3.30. The van der Waals surface area contributed by atoms with Crippen molar-refractivity contribution >= 4 is 15.9 Å². The molecule has 1 aromatic heterocycles. The Bertz CT molecular complexity index is 493. The average molecular weight is 294 g/mol. The molecule has 0 aliphatic heterocycles. The van der Waals surface area contributed by atoms with Crippen LogP contribution in [0.25, 0.3) is 0 Å². The maximum atomic E-state index is 4.12. The highest BCUT2D eigenvalue weighted by Gasteiger charge is 2.09. The van der Waals surface area contributed by atoms with Gasteiger partial charge in [0.2, 0.25) is 0 Å². The van der Waals surface area contributed by atoms with Gasteiger partial charge in [-0.25, -0.2) is 0 Å². The lowest BCUT2D eigenvalue weighted by molar-refractivity contribution is 0.546. The molecule has 0 aliphatic carbocycles. The highest BCUT2D eigenvalue weighted by molar-refractivity contribution is 9.10. The molecule has 1 atom stereocenters. The van der Waals surface area contributed by atoms with Crippen molar-refractivity contribution in [2.75, 3.05) is 0 Å². The fourth-order valence-electron chi connectivity index (χ4n) is 1.94. The number of benzene rings is 1. The summed E-state index contributed by atoms with van der Waals surface area (Å²) in [6.45, 7) is 2.25. The summed E-state index contributed by atoms with van der Waals surface area (Å²) in [7, 11) is 1.99. The Kier molecular flexibility index (Phi) is 3.94. The molecule has 0 radical (unpaired) electrons. The highest BCUT2D eigenvalue weighted by atomic mass is 79.9. The summed E-state index contributed by atoms with van der Waals surface area (Å²) in [5.74, 6) is 1.61. The zero-order chi connectivity index (χ0) is 12.3. The van der Waals surface area contributed by atoms with E-state index in [1.165, 1.54) is 5.56 Å². The molecular formula is C13H16BrN3. The van der Waals surface area contributed by atoms with E-state index in [1.54, 1.807) is 6.33 Å². The van der Waals surface area contributed by atoms with Crippen LogP contribution in [0, 0.1) is 5.92 Å². The van der Waals surface area contributed by atoms with Crippen LogP contribution < -0.4 is 0 Å². The Morgan fingerprint density at radius 3 is 2.82 bits per heavy atom. The van der Waals surface area contributed by atoms with Crippen LogP contribution in [0.5, 0.6) is 0 Å². The van der Waals surface area contributed by atoms with Crippen molar-refractivity contribution in [3.05, 3.63) is 46.5 Å². The molecule has 2 rings (SSSR count). The smallest absolute Gasteiger partial charge is 0.132 e. The Balaban J connectivity index is 1.98. The SMILES string of the molecule is CC(Cc1cccc(Br)c1)Cc1nncn1C. The monoisotopic (exact) mass is 293 g/mol. The summed E-state index contributed by atoms with van der Waals surface area (Å²) in [5, 5.41) is 8.02. The Hall–Kier alpha value is -1.16. The number of halogens is 1. The molecule has 3 nitrogen and oxygen atoms in total. The fraction of sp³-hybridized carbons (Fsp3) is 0.385. The van der Waals surface area contributed by atoms with Crippen molar-refractivity contribution < 1.29 is 0 Å². The maximum Gasteiger partial charge on any atom is 0.132 e. The number of nitrogens with zero attached hydrogens (tertiary/aromatic N) is 3. The number of aromatic nitrogens is 3. The molecule has 1 unspecified atom stereocenters. The van der Waals surface area contributed by atoms with Crippen LogP contribution in [0.4, 0.5) is 0 Å². The van der Waals surface area contributed by atoms with Gasteiger partial charge in [-0.1, -0.05) is 35.0 Å². The minimum absolute atomic E-state index is 0.562. The first-order valence-electron chi connectivity index (χ1n) is 5.72. The Labute approximate surface area is 110 Å². The van der Waals surface area contributed by atoms with Gasteiger partial charge in [0.05, 0.1) is 0 Å². The summed E-state index contributed by atoms with van der Waals surface area (Å²) < 4.78 is 3.12. The zero-order valence-corrected chi connectivity index (χ0v) is 11.7. The largest absolute Gasteiger partial charge is 0.321 e. The van der Waals surface area contributed by atoms with Gasteiger partial charge >= 0.3 is 0 Å². The van der Waals surface area contributed by atoms with Gasteiger partial charge in [0.1, 0.15) is 12.2 Å². The second kappa shape index (κ2) is 5.45. The van der Waals surface area contributed by atoms with Gasteiger partial charge < -0.3 is 4.57 Å². The van der Waals surface area contributed by atoms with Gasteiger partial charge in [0, 0.05) is 17.9 Å². The van der Waals surface area contributed by atoms with Crippen molar-refractivity contribution in [2.45, 2.75) is 19.8 Å². The summed E-state index contributed by atoms with van der Waals surface area (Å²) in [6.07, 6.45) is 3.77. The third-order valence-electron chi connectivity index (χ3n) is 2.81. The van der Waals surface area contributed by atoms with E-state index in [0.29, 0.717) is 5.92 Å². The predicted molar refractivity (Wildman–Crippen MR) is 71.7 cm³/mol. The molecule has 1 heterocycles. The molecule has 0 bridgehead atoms. The molecule has 2 aromatic rings. The quantitative estimate of drug-likeness (QED) is 0.868. The summed E-state index contributed by atoms with van der Waals surface area (Å²) >= 11 is 3.50. The van der Waals surface area contributed by atoms with E-state index >= 15 is 0 Å². The number of rotatable bonds is 4. The van der Waals surface area contributed by atoms with Crippen molar-refractivity contribution in [3.8, 4) is 0 Å². The maximum absolute atomic E-state index is 4.12.